The number of carbonyl (C=O) groups is 1. The van der Waals surface area contributed by atoms with E-state index in [1.807, 2.05) is 31.2 Å². The number of hydrogen-bond donors (Lipinski definition) is 1. The zero-order valence-corrected chi connectivity index (χ0v) is 13.4. The molecule has 0 unspecified atom stereocenters. The van der Waals surface area contributed by atoms with E-state index in [0.717, 1.165) is 11.1 Å². The van der Waals surface area contributed by atoms with E-state index in [4.69, 9.17) is 14.5 Å². The monoisotopic (exact) mass is 331 g/mol. The van der Waals surface area contributed by atoms with Gasteiger partial charge in [0.15, 0.2) is 11.5 Å². The van der Waals surface area contributed by atoms with Crippen LogP contribution in [0.4, 0.5) is 5.69 Å². The highest BCUT2D eigenvalue weighted by atomic mass is 16.5. The first-order valence-electron chi connectivity index (χ1n) is 7.69. The molecule has 25 heavy (non-hydrogen) atoms. The maximum atomic E-state index is 12.6. The summed E-state index contributed by atoms with van der Waals surface area (Å²) in [7, 11) is 0. The summed E-state index contributed by atoms with van der Waals surface area (Å²) >= 11 is 0. The first-order chi connectivity index (χ1) is 12.2. The number of nitrogens with zero attached hydrogens (tertiary/aromatic N) is 2. The normalized spacial score (nSPS) is 11.7. The molecular weight excluding hydrogens is 318 g/mol. The Balaban J connectivity index is 1.67. The average molecular weight is 331 g/mol. The number of aromatic nitrogens is 1. The minimum Gasteiger partial charge on any atom is -0.488 e. The van der Waals surface area contributed by atoms with Crippen LogP contribution >= 0.6 is 0 Å². The Morgan fingerprint density at radius 2 is 2.16 bits per heavy atom. The SMILES string of the molecule is Cc1ccc2c(c1)-c1onc(C(=O)Nc3cccc(C#N)c3)c1CO2. The van der Waals surface area contributed by atoms with Crippen LogP contribution in [0.5, 0.6) is 5.75 Å². The summed E-state index contributed by atoms with van der Waals surface area (Å²) < 4.78 is 11.1. The van der Waals surface area contributed by atoms with E-state index in [9.17, 15) is 4.79 Å². The molecule has 0 saturated heterocycles. The van der Waals surface area contributed by atoms with Gasteiger partial charge in [-0.05, 0) is 37.3 Å². The number of fused-ring (bicyclic) bond motifs is 3. The summed E-state index contributed by atoms with van der Waals surface area (Å²) in [6.45, 7) is 2.19. The Bertz CT molecular complexity index is 1030. The van der Waals surface area contributed by atoms with Gasteiger partial charge in [-0.15, -0.1) is 0 Å². The van der Waals surface area contributed by atoms with Crippen LogP contribution in [0.1, 0.15) is 27.2 Å². The first-order valence-corrected chi connectivity index (χ1v) is 7.69. The highest BCUT2D eigenvalue weighted by Crippen LogP contribution is 2.39. The fourth-order valence-corrected chi connectivity index (χ4v) is 2.79. The Morgan fingerprint density at radius 3 is 3.00 bits per heavy atom. The van der Waals surface area contributed by atoms with Gasteiger partial charge < -0.3 is 14.6 Å². The van der Waals surface area contributed by atoms with E-state index >= 15 is 0 Å². The van der Waals surface area contributed by atoms with Gasteiger partial charge in [0.1, 0.15) is 12.4 Å². The second kappa shape index (κ2) is 5.80. The number of hydrogen-bond acceptors (Lipinski definition) is 5. The summed E-state index contributed by atoms with van der Waals surface area (Å²) in [5, 5.41) is 15.6. The zero-order chi connectivity index (χ0) is 17.4. The number of rotatable bonds is 2. The Hall–Kier alpha value is -3.59. The first kappa shape index (κ1) is 15.0. The molecule has 0 fully saturated rings. The number of nitrogens with one attached hydrogen (secondary N) is 1. The van der Waals surface area contributed by atoms with Crippen LogP contribution in [0.25, 0.3) is 11.3 Å². The van der Waals surface area contributed by atoms with Gasteiger partial charge in [-0.25, -0.2) is 0 Å². The van der Waals surface area contributed by atoms with E-state index in [2.05, 4.69) is 10.5 Å². The zero-order valence-electron chi connectivity index (χ0n) is 13.4. The predicted octanol–water partition coefficient (Wildman–Crippen LogP) is 3.67. The van der Waals surface area contributed by atoms with Crippen molar-refractivity contribution in [3.05, 3.63) is 64.8 Å². The van der Waals surface area contributed by atoms with Gasteiger partial charge in [0.05, 0.1) is 22.8 Å². The second-order valence-electron chi connectivity index (χ2n) is 5.77. The van der Waals surface area contributed by atoms with Gasteiger partial charge >= 0.3 is 0 Å². The van der Waals surface area contributed by atoms with Crippen molar-refractivity contribution in [3.8, 4) is 23.1 Å². The number of benzene rings is 2. The quantitative estimate of drug-likeness (QED) is 0.774. The molecule has 0 aliphatic carbocycles. The molecule has 0 spiro atoms. The second-order valence-corrected chi connectivity index (χ2v) is 5.77. The molecule has 0 radical (unpaired) electrons. The number of carbonyl (C=O) groups excluding carboxylic acids is 1. The van der Waals surface area contributed by atoms with Crippen molar-refractivity contribution in [1.82, 2.24) is 5.16 Å². The largest absolute Gasteiger partial charge is 0.488 e. The molecule has 4 rings (SSSR count). The summed E-state index contributed by atoms with van der Waals surface area (Å²) in [6.07, 6.45) is 0. The number of ether oxygens (including phenoxy) is 1. The molecule has 1 amide bonds. The number of anilines is 1. The van der Waals surface area contributed by atoms with Gasteiger partial charge in [0.2, 0.25) is 0 Å². The Labute approximate surface area is 143 Å². The molecule has 0 atom stereocenters. The molecule has 6 nitrogen and oxygen atoms in total. The van der Waals surface area contributed by atoms with Gasteiger partial charge in [0, 0.05) is 5.69 Å². The standard InChI is InChI=1S/C19H13N3O3/c1-11-5-6-16-14(7-11)18-15(10-24-16)17(22-25-18)19(23)21-13-4-2-3-12(8-13)9-20/h2-8H,10H2,1H3,(H,21,23). The molecule has 0 saturated carbocycles. The van der Waals surface area contributed by atoms with E-state index in [-0.39, 0.29) is 12.3 Å². The van der Waals surface area contributed by atoms with Crippen molar-refractivity contribution < 1.29 is 14.1 Å². The smallest absolute Gasteiger partial charge is 0.278 e. The van der Waals surface area contributed by atoms with E-state index in [1.165, 1.54) is 0 Å². The summed E-state index contributed by atoms with van der Waals surface area (Å²) in [5.74, 6) is 0.864. The van der Waals surface area contributed by atoms with E-state index in [1.54, 1.807) is 24.3 Å². The molecule has 6 heteroatoms. The minimum atomic E-state index is -0.403. The maximum absolute atomic E-state index is 12.6. The highest BCUT2D eigenvalue weighted by molar-refractivity contribution is 6.04. The van der Waals surface area contributed by atoms with Crippen LogP contribution in [0.2, 0.25) is 0 Å². The van der Waals surface area contributed by atoms with Crippen LogP contribution in [0.15, 0.2) is 47.0 Å². The third kappa shape index (κ3) is 2.62. The van der Waals surface area contributed by atoms with Crippen molar-refractivity contribution in [1.29, 1.82) is 5.26 Å². The van der Waals surface area contributed by atoms with Gasteiger partial charge in [-0.1, -0.05) is 22.9 Å². The van der Waals surface area contributed by atoms with Crippen molar-refractivity contribution in [2.45, 2.75) is 13.5 Å². The molecule has 2 heterocycles. The lowest BCUT2D eigenvalue weighted by molar-refractivity contribution is 0.101. The van der Waals surface area contributed by atoms with Gasteiger partial charge in [0.25, 0.3) is 5.91 Å². The third-order valence-electron chi connectivity index (χ3n) is 4.00. The number of nitriles is 1. The summed E-state index contributed by atoms with van der Waals surface area (Å²) in [4.78, 5) is 12.6. The van der Waals surface area contributed by atoms with Gasteiger partial charge in [-0.2, -0.15) is 5.26 Å². The third-order valence-corrected chi connectivity index (χ3v) is 4.00. The predicted molar refractivity (Wildman–Crippen MR) is 90.1 cm³/mol. The molecular formula is C19H13N3O3. The fourth-order valence-electron chi connectivity index (χ4n) is 2.79. The number of aryl methyl sites for hydroxylation is 1. The lowest BCUT2D eigenvalue weighted by Crippen LogP contribution is -2.16. The average Bonchev–Trinajstić information content (AvgIpc) is 3.06. The molecule has 1 aromatic heterocycles. The Morgan fingerprint density at radius 1 is 1.28 bits per heavy atom. The van der Waals surface area contributed by atoms with Crippen molar-refractivity contribution in [2.75, 3.05) is 5.32 Å². The van der Waals surface area contributed by atoms with Crippen molar-refractivity contribution >= 4 is 11.6 Å². The fraction of sp³-hybridized carbons (Fsp3) is 0.105. The van der Waals surface area contributed by atoms with Crippen molar-refractivity contribution in [2.24, 2.45) is 0 Å². The summed E-state index contributed by atoms with van der Waals surface area (Å²) in [6, 6.07) is 14.5. The molecule has 3 aromatic rings. The molecule has 122 valence electrons. The molecule has 1 aliphatic rings. The van der Waals surface area contributed by atoms with Gasteiger partial charge in [-0.3, -0.25) is 4.79 Å². The van der Waals surface area contributed by atoms with Crippen LogP contribution < -0.4 is 10.1 Å². The molecule has 1 N–H and O–H groups in total. The minimum absolute atomic E-state index is 0.185. The van der Waals surface area contributed by atoms with Crippen molar-refractivity contribution in [3.63, 3.8) is 0 Å². The van der Waals surface area contributed by atoms with Crippen LogP contribution in [0, 0.1) is 18.3 Å². The lowest BCUT2D eigenvalue weighted by Gasteiger charge is -2.16. The number of amides is 1. The van der Waals surface area contributed by atoms with E-state index < -0.39 is 5.91 Å². The Kier molecular flexibility index (Phi) is 3.47. The maximum Gasteiger partial charge on any atom is 0.278 e. The van der Waals surface area contributed by atoms with Crippen LogP contribution in [-0.2, 0) is 6.61 Å². The van der Waals surface area contributed by atoms with Crippen LogP contribution in [0.3, 0.4) is 0 Å². The lowest BCUT2D eigenvalue weighted by atomic mass is 10.0. The topological polar surface area (TPSA) is 88.2 Å². The molecule has 2 aromatic carbocycles. The highest BCUT2D eigenvalue weighted by Gasteiger charge is 2.29. The molecule has 1 aliphatic heterocycles. The molecule has 0 bridgehead atoms. The van der Waals surface area contributed by atoms with Crippen LogP contribution in [-0.4, -0.2) is 11.1 Å². The van der Waals surface area contributed by atoms with E-state index in [0.29, 0.717) is 28.3 Å². The summed E-state index contributed by atoms with van der Waals surface area (Å²) in [5.41, 5.74) is 3.64.